The fourth-order valence-corrected chi connectivity index (χ4v) is 1.67. The highest BCUT2D eigenvalue weighted by Crippen LogP contribution is 2.12. The number of hydrogen-bond acceptors (Lipinski definition) is 2. The summed E-state index contributed by atoms with van der Waals surface area (Å²) in [6.45, 7) is 7.95. The first-order valence-electron chi connectivity index (χ1n) is 6.31. The quantitative estimate of drug-likeness (QED) is 0.770. The van der Waals surface area contributed by atoms with Gasteiger partial charge in [0, 0.05) is 18.7 Å². The van der Waals surface area contributed by atoms with Gasteiger partial charge in [-0.05, 0) is 24.6 Å². The smallest absolute Gasteiger partial charge is 0.254 e. The van der Waals surface area contributed by atoms with Crippen molar-refractivity contribution in [3.63, 3.8) is 0 Å². The molecule has 0 aliphatic carbocycles. The highest BCUT2D eigenvalue weighted by molar-refractivity contribution is 5.94. The average Bonchev–Trinajstić information content (AvgIpc) is 2.44. The van der Waals surface area contributed by atoms with Crippen LogP contribution in [0.3, 0.4) is 0 Å². The van der Waals surface area contributed by atoms with Gasteiger partial charge in [0.1, 0.15) is 5.82 Å². The maximum absolute atomic E-state index is 13.3. The van der Waals surface area contributed by atoms with Crippen LogP contribution in [0.15, 0.2) is 18.2 Å². The molecule has 1 amide bonds. The third-order valence-corrected chi connectivity index (χ3v) is 2.72. The van der Waals surface area contributed by atoms with E-state index in [0.29, 0.717) is 37.4 Å². The van der Waals surface area contributed by atoms with Crippen molar-refractivity contribution in [2.45, 2.75) is 20.8 Å². The second-order valence-electron chi connectivity index (χ2n) is 3.87. The summed E-state index contributed by atoms with van der Waals surface area (Å²) in [5.41, 5.74) is 0.962. The molecule has 0 aromatic heterocycles. The normalized spacial score (nSPS) is 14.8. The average molecular weight is 253 g/mol. The standard InChI is InChI=1S/C12H14FNO2.C2H6/c1-9-2-3-10(8-11(9)13)12(15)14-4-6-16-7-5-14;1-2/h2-3,8H,4-7H2,1H3;1-2H3. The van der Waals surface area contributed by atoms with Gasteiger partial charge in [-0.15, -0.1) is 0 Å². The predicted octanol–water partition coefficient (Wildman–Crippen LogP) is 2.63. The maximum atomic E-state index is 13.3. The second-order valence-corrected chi connectivity index (χ2v) is 3.87. The highest BCUT2D eigenvalue weighted by atomic mass is 19.1. The van der Waals surface area contributed by atoms with E-state index in [-0.39, 0.29) is 11.7 Å². The molecule has 1 aliphatic heterocycles. The van der Waals surface area contributed by atoms with E-state index in [1.165, 1.54) is 6.07 Å². The molecule has 18 heavy (non-hydrogen) atoms. The number of morpholine rings is 1. The van der Waals surface area contributed by atoms with Gasteiger partial charge in [-0.25, -0.2) is 4.39 Å². The van der Waals surface area contributed by atoms with E-state index in [1.807, 2.05) is 13.8 Å². The summed E-state index contributed by atoms with van der Waals surface area (Å²) in [5.74, 6) is -0.457. The molecule has 1 aromatic rings. The van der Waals surface area contributed by atoms with Crippen molar-refractivity contribution in [3.8, 4) is 0 Å². The number of benzene rings is 1. The molecule has 0 unspecified atom stereocenters. The monoisotopic (exact) mass is 253 g/mol. The Hall–Kier alpha value is -1.42. The zero-order valence-electron chi connectivity index (χ0n) is 11.2. The van der Waals surface area contributed by atoms with Crippen LogP contribution in [0.2, 0.25) is 0 Å². The summed E-state index contributed by atoms with van der Waals surface area (Å²) in [7, 11) is 0. The fourth-order valence-electron chi connectivity index (χ4n) is 1.67. The summed E-state index contributed by atoms with van der Waals surface area (Å²) in [6.07, 6.45) is 0. The SMILES string of the molecule is CC.Cc1ccc(C(=O)N2CCOCC2)cc1F. The van der Waals surface area contributed by atoms with Gasteiger partial charge in [0.25, 0.3) is 5.91 Å². The minimum absolute atomic E-state index is 0.123. The summed E-state index contributed by atoms with van der Waals surface area (Å²) in [6, 6.07) is 4.59. The molecule has 1 aromatic carbocycles. The van der Waals surface area contributed by atoms with Gasteiger partial charge < -0.3 is 9.64 Å². The first-order valence-corrected chi connectivity index (χ1v) is 6.31. The van der Waals surface area contributed by atoms with Crippen LogP contribution < -0.4 is 0 Å². The zero-order valence-corrected chi connectivity index (χ0v) is 11.2. The van der Waals surface area contributed by atoms with E-state index < -0.39 is 0 Å². The molecule has 2 rings (SSSR count). The predicted molar refractivity (Wildman–Crippen MR) is 69.2 cm³/mol. The molecular weight excluding hydrogens is 233 g/mol. The van der Waals surface area contributed by atoms with Crippen LogP contribution in [-0.4, -0.2) is 37.1 Å². The second kappa shape index (κ2) is 7.11. The van der Waals surface area contributed by atoms with E-state index in [4.69, 9.17) is 4.74 Å². The summed E-state index contributed by atoms with van der Waals surface area (Å²) in [5, 5.41) is 0. The van der Waals surface area contributed by atoms with Crippen LogP contribution in [-0.2, 0) is 4.74 Å². The Morgan fingerprint density at radius 2 is 1.89 bits per heavy atom. The first kappa shape index (κ1) is 14.6. The molecule has 1 heterocycles. The fraction of sp³-hybridized carbons (Fsp3) is 0.500. The minimum Gasteiger partial charge on any atom is -0.378 e. The summed E-state index contributed by atoms with van der Waals surface area (Å²) < 4.78 is 18.5. The number of aryl methyl sites for hydroxylation is 1. The molecule has 0 spiro atoms. The van der Waals surface area contributed by atoms with Gasteiger partial charge in [0.2, 0.25) is 0 Å². The van der Waals surface area contributed by atoms with E-state index in [1.54, 1.807) is 24.0 Å². The van der Waals surface area contributed by atoms with Crippen molar-refractivity contribution in [2.75, 3.05) is 26.3 Å². The molecular formula is C14H20FNO2. The molecule has 4 heteroatoms. The Bertz CT molecular complexity index is 401. The molecule has 1 saturated heterocycles. The summed E-state index contributed by atoms with van der Waals surface area (Å²) >= 11 is 0. The lowest BCUT2D eigenvalue weighted by Crippen LogP contribution is -2.40. The number of nitrogens with zero attached hydrogens (tertiary/aromatic N) is 1. The van der Waals surface area contributed by atoms with Crippen molar-refractivity contribution in [3.05, 3.63) is 35.1 Å². The Labute approximate surface area is 108 Å². The molecule has 0 radical (unpaired) electrons. The first-order chi connectivity index (χ1) is 8.68. The lowest BCUT2D eigenvalue weighted by atomic mass is 10.1. The van der Waals surface area contributed by atoms with Crippen molar-refractivity contribution < 1.29 is 13.9 Å². The highest BCUT2D eigenvalue weighted by Gasteiger charge is 2.18. The van der Waals surface area contributed by atoms with Gasteiger partial charge in [0.05, 0.1) is 13.2 Å². The van der Waals surface area contributed by atoms with Gasteiger partial charge in [-0.2, -0.15) is 0 Å². The largest absolute Gasteiger partial charge is 0.378 e. The van der Waals surface area contributed by atoms with Crippen LogP contribution in [0.25, 0.3) is 0 Å². The molecule has 0 saturated carbocycles. The van der Waals surface area contributed by atoms with Crippen LogP contribution in [0.5, 0.6) is 0 Å². The molecule has 3 nitrogen and oxygen atoms in total. The van der Waals surface area contributed by atoms with Crippen LogP contribution in [0.4, 0.5) is 4.39 Å². The van der Waals surface area contributed by atoms with Gasteiger partial charge >= 0.3 is 0 Å². The van der Waals surface area contributed by atoms with Crippen molar-refractivity contribution in [1.29, 1.82) is 0 Å². The number of carbonyl (C=O) groups is 1. The number of ether oxygens (including phenoxy) is 1. The number of rotatable bonds is 1. The Kier molecular flexibility index (Phi) is 5.78. The molecule has 100 valence electrons. The summed E-state index contributed by atoms with van der Waals surface area (Å²) in [4.78, 5) is 13.7. The van der Waals surface area contributed by atoms with Gasteiger partial charge in [-0.1, -0.05) is 19.9 Å². The third kappa shape index (κ3) is 3.53. The van der Waals surface area contributed by atoms with E-state index in [9.17, 15) is 9.18 Å². The lowest BCUT2D eigenvalue weighted by molar-refractivity contribution is 0.0302. The maximum Gasteiger partial charge on any atom is 0.254 e. The van der Waals surface area contributed by atoms with Crippen LogP contribution in [0, 0.1) is 12.7 Å². The van der Waals surface area contributed by atoms with E-state index in [2.05, 4.69) is 0 Å². The van der Waals surface area contributed by atoms with Gasteiger partial charge in [-0.3, -0.25) is 4.79 Å². The van der Waals surface area contributed by atoms with Crippen molar-refractivity contribution >= 4 is 5.91 Å². The Morgan fingerprint density at radius 1 is 1.28 bits per heavy atom. The van der Waals surface area contributed by atoms with Crippen LogP contribution >= 0.6 is 0 Å². The van der Waals surface area contributed by atoms with E-state index >= 15 is 0 Å². The number of halogens is 1. The van der Waals surface area contributed by atoms with Gasteiger partial charge in [0.15, 0.2) is 0 Å². The molecule has 0 atom stereocenters. The topological polar surface area (TPSA) is 29.5 Å². The Balaban J connectivity index is 0.000000771. The molecule has 0 N–H and O–H groups in total. The molecule has 0 bridgehead atoms. The lowest BCUT2D eigenvalue weighted by Gasteiger charge is -2.26. The third-order valence-electron chi connectivity index (χ3n) is 2.72. The number of carbonyl (C=O) groups excluding carboxylic acids is 1. The van der Waals surface area contributed by atoms with E-state index in [0.717, 1.165) is 0 Å². The Morgan fingerprint density at radius 3 is 2.44 bits per heavy atom. The van der Waals surface area contributed by atoms with Crippen molar-refractivity contribution in [2.24, 2.45) is 0 Å². The minimum atomic E-state index is -0.334. The van der Waals surface area contributed by atoms with Crippen molar-refractivity contribution in [1.82, 2.24) is 4.90 Å². The molecule has 1 aliphatic rings. The number of amides is 1. The van der Waals surface area contributed by atoms with Crippen LogP contribution in [0.1, 0.15) is 29.8 Å². The zero-order chi connectivity index (χ0) is 13.5. The molecule has 1 fully saturated rings. The number of hydrogen-bond donors (Lipinski definition) is 0.